The Balaban J connectivity index is 1.95. The summed E-state index contributed by atoms with van der Waals surface area (Å²) in [6, 6.07) is 4.71. The average molecular weight is 323 g/mol. The van der Waals surface area contributed by atoms with Crippen LogP contribution in [0, 0.1) is 0 Å². The maximum Gasteiger partial charge on any atom is 0.135 e. The molecule has 3 nitrogen and oxygen atoms in total. The van der Waals surface area contributed by atoms with Gasteiger partial charge < -0.3 is 4.74 Å². The SMILES string of the molecule is CCOc1cc2nn(C3CCCCC3)cc2cc1Br. The molecular weight excluding hydrogens is 304 g/mol. The van der Waals surface area contributed by atoms with Crippen LogP contribution in [0.25, 0.3) is 10.9 Å². The zero-order valence-corrected chi connectivity index (χ0v) is 12.8. The van der Waals surface area contributed by atoms with Crippen LogP contribution in [0.5, 0.6) is 5.75 Å². The van der Waals surface area contributed by atoms with Gasteiger partial charge in [-0.05, 0) is 41.8 Å². The molecule has 0 atom stereocenters. The van der Waals surface area contributed by atoms with Crippen molar-refractivity contribution >= 4 is 26.8 Å². The Hall–Kier alpha value is -1.03. The lowest BCUT2D eigenvalue weighted by Crippen LogP contribution is -2.12. The van der Waals surface area contributed by atoms with Crippen molar-refractivity contribution in [2.45, 2.75) is 45.1 Å². The van der Waals surface area contributed by atoms with Crippen LogP contribution in [0.15, 0.2) is 22.8 Å². The Morgan fingerprint density at radius 2 is 2.11 bits per heavy atom. The zero-order chi connectivity index (χ0) is 13.2. The Labute approximate surface area is 122 Å². The van der Waals surface area contributed by atoms with E-state index < -0.39 is 0 Å². The van der Waals surface area contributed by atoms with Crippen molar-refractivity contribution in [3.8, 4) is 5.75 Å². The fraction of sp³-hybridized carbons (Fsp3) is 0.533. The second-order valence-corrected chi connectivity index (χ2v) is 6.03. The monoisotopic (exact) mass is 322 g/mol. The summed E-state index contributed by atoms with van der Waals surface area (Å²) < 4.78 is 8.77. The molecule has 0 spiro atoms. The molecule has 0 aliphatic heterocycles. The van der Waals surface area contributed by atoms with Gasteiger partial charge in [0, 0.05) is 17.6 Å². The van der Waals surface area contributed by atoms with Crippen LogP contribution in [-0.4, -0.2) is 16.4 Å². The number of fused-ring (bicyclic) bond motifs is 1. The highest BCUT2D eigenvalue weighted by molar-refractivity contribution is 9.10. The predicted molar refractivity (Wildman–Crippen MR) is 80.7 cm³/mol. The lowest BCUT2D eigenvalue weighted by molar-refractivity contribution is 0.330. The van der Waals surface area contributed by atoms with Gasteiger partial charge in [0.25, 0.3) is 0 Å². The van der Waals surface area contributed by atoms with Crippen LogP contribution < -0.4 is 4.74 Å². The Morgan fingerprint density at radius 1 is 1.32 bits per heavy atom. The first-order valence-corrected chi connectivity index (χ1v) is 7.88. The summed E-state index contributed by atoms with van der Waals surface area (Å²) in [6.45, 7) is 2.67. The molecule has 0 unspecified atom stereocenters. The van der Waals surface area contributed by atoms with Gasteiger partial charge in [-0.3, -0.25) is 4.68 Å². The van der Waals surface area contributed by atoms with E-state index in [1.807, 2.05) is 13.0 Å². The molecule has 1 aromatic heterocycles. The number of benzene rings is 1. The molecule has 102 valence electrons. The molecule has 3 rings (SSSR count). The minimum absolute atomic E-state index is 0.579. The fourth-order valence-corrected chi connectivity index (χ4v) is 3.32. The van der Waals surface area contributed by atoms with Gasteiger partial charge in [-0.2, -0.15) is 5.10 Å². The molecule has 0 amide bonds. The maximum absolute atomic E-state index is 5.60. The normalized spacial score (nSPS) is 16.9. The molecule has 4 heteroatoms. The molecule has 0 radical (unpaired) electrons. The van der Waals surface area contributed by atoms with Crippen molar-refractivity contribution in [3.05, 3.63) is 22.8 Å². The van der Waals surface area contributed by atoms with E-state index in [4.69, 9.17) is 9.84 Å². The highest BCUT2D eigenvalue weighted by atomic mass is 79.9. The smallest absolute Gasteiger partial charge is 0.135 e. The third-order valence-corrected chi connectivity index (χ3v) is 4.44. The van der Waals surface area contributed by atoms with Crippen molar-refractivity contribution in [1.82, 2.24) is 9.78 Å². The van der Waals surface area contributed by atoms with Gasteiger partial charge in [0.05, 0.1) is 22.6 Å². The fourth-order valence-electron chi connectivity index (χ4n) is 2.84. The third kappa shape index (κ3) is 2.64. The molecule has 0 bridgehead atoms. The number of rotatable bonds is 3. The number of halogens is 1. The first kappa shape index (κ1) is 13.0. The quantitative estimate of drug-likeness (QED) is 0.818. The Bertz CT molecular complexity index is 573. The molecule has 1 saturated carbocycles. The van der Waals surface area contributed by atoms with Crippen LogP contribution in [0.4, 0.5) is 0 Å². The Kier molecular flexibility index (Phi) is 3.78. The van der Waals surface area contributed by atoms with E-state index in [1.54, 1.807) is 0 Å². The van der Waals surface area contributed by atoms with E-state index in [-0.39, 0.29) is 0 Å². The van der Waals surface area contributed by atoms with E-state index in [9.17, 15) is 0 Å². The van der Waals surface area contributed by atoms with E-state index in [1.165, 1.54) is 37.5 Å². The first-order chi connectivity index (χ1) is 9.28. The molecule has 19 heavy (non-hydrogen) atoms. The van der Waals surface area contributed by atoms with Crippen molar-refractivity contribution in [1.29, 1.82) is 0 Å². The topological polar surface area (TPSA) is 27.1 Å². The van der Waals surface area contributed by atoms with Gasteiger partial charge >= 0.3 is 0 Å². The van der Waals surface area contributed by atoms with Crippen LogP contribution in [0.1, 0.15) is 45.1 Å². The largest absolute Gasteiger partial charge is 0.493 e. The maximum atomic E-state index is 5.60. The third-order valence-electron chi connectivity index (χ3n) is 3.82. The standard InChI is InChI=1S/C15H19BrN2O/c1-2-19-15-9-14-11(8-13(15)16)10-18(17-14)12-6-4-3-5-7-12/h8-10,12H,2-7H2,1H3. The summed E-state index contributed by atoms with van der Waals surface area (Å²) in [7, 11) is 0. The number of ether oxygens (including phenoxy) is 1. The van der Waals surface area contributed by atoms with Crippen molar-refractivity contribution < 1.29 is 4.74 Å². The van der Waals surface area contributed by atoms with Crippen molar-refractivity contribution in [2.75, 3.05) is 6.61 Å². The molecule has 1 aliphatic rings. The van der Waals surface area contributed by atoms with Gasteiger partial charge in [-0.15, -0.1) is 0 Å². The van der Waals surface area contributed by atoms with E-state index in [2.05, 4.69) is 32.9 Å². The van der Waals surface area contributed by atoms with Crippen LogP contribution >= 0.6 is 15.9 Å². The molecule has 0 saturated heterocycles. The van der Waals surface area contributed by atoms with E-state index in [0.29, 0.717) is 12.6 Å². The number of hydrogen-bond acceptors (Lipinski definition) is 2. The minimum atomic E-state index is 0.579. The van der Waals surface area contributed by atoms with Gasteiger partial charge in [0.2, 0.25) is 0 Å². The lowest BCUT2D eigenvalue weighted by atomic mass is 9.96. The second kappa shape index (κ2) is 5.53. The highest BCUT2D eigenvalue weighted by Gasteiger charge is 2.17. The summed E-state index contributed by atoms with van der Waals surface area (Å²) in [4.78, 5) is 0. The molecule has 0 N–H and O–H groups in total. The summed E-state index contributed by atoms with van der Waals surface area (Å²) in [6.07, 6.45) is 8.72. The number of aromatic nitrogens is 2. The second-order valence-electron chi connectivity index (χ2n) is 5.18. The highest BCUT2D eigenvalue weighted by Crippen LogP contribution is 2.33. The Morgan fingerprint density at radius 3 is 2.84 bits per heavy atom. The average Bonchev–Trinajstić information content (AvgIpc) is 2.83. The number of hydrogen-bond donors (Lipinski definition) is 0. The van der Waals surface area contributed by atoms with Crippen LogP contribution in [0.3, 0.4) is 0 Å². The zero-order valence-electron chi connectivity index (χ0n) is 11.2. The van der Waals surface area contributed by atoms with Gasteiger partial charge in [0.1, 0.15) is 5.75 Å². The lowest BCUT2D eigenvalue weighted by Gasteiger charge is -2.21. The summed E-state index contributed by atoms with van der Waals surface area (Å²) in [5.74, 6) is 0.879. The molecule has 1 fully saturated rings. The predicted octanol–water partition coefficient (Wildman–Crippen LogP) is 4.70. The summed E-state index contributed by atoms with van der Waals surface area (Å²) >= 11 is 3.56. The molecule has 1 aliphatic carbocycles. The molecular formula is C15H19BrN2O. The molecule has 1 aromatic carbocycles. The van der Waals surface area contributed by atoms with Crippen molar-refractivity contribution in [2.24, 2.45) is 0 Å². The van der Waals surface area contributed by atoms with E-state index in [0.717, 1.165) is 15.7 Å². The summed E-state index contributed by atoms with van der Waals surface area (Å²) in [5.41, 5.74) is 1.03. The van der Waals surface area contributed by atoms with Crippen LogP contribution in [0.2, 0.25) is 0 Å². The van der Waals surface area contributed by atoms with Crippen molar-refractivity contribution in [3.63, 3.8) is 0 Å². The summed E-state index contributed by atoms with van der Waals surface area (Å²) in [5, 5.41) is 5.92. The molecule has 1 heterocycles. The van der Waals surface area contributed by atoms with E-state index >= 15 is 0 Å². The van der Waals surface area contributed by atoms with Gasteiger partial charge in [-0.25, -0.2) is 0 Å². The molecule has 2 aromatic rings. The first-order valence-electron chi connectivity index (χ1n) is 7.09. The van der Waals surface area contributed by atoms with Gasteiger partial charge in [-0.1, -0.05) is 19.3 Å². The number of nitrogens with zero attached hydrogens (tertiary/aromatic N) is 2. The minimum Gasteiger partial charge on any atom is -0.493 e. The van der Waals surface area contributed by atoms with Crippen LogP contribution in [-0.2, 0) is 0 Å². The van der Waals surface area contributed by atoms with Gasteiger partial charge in [0.15, 0.2) is 0 Å².